The van der Waals surface area contributed by atoms with Crippen molar-refractivity contribution in [3.05, 3.63) is 28.4 Å². The van der Waals surface area contributed by atoms with E-state index in [1.54, 1.807) is 0 Å². The minimum atomic E-state index is -0.686. The summed E-state index contributed by atoms with van der Waals surface area (Å²) >= 11 is 11.4. The van der Waals surface area contributed by atoms with Gasteiger partial charge in [0.25, 0.3) is 0 Å². The van der Waals surface area contributed by atoms with Gasteiger partial charge in [0.1, 0.15) is 17.0 Å². The lowest BCUT2D eigenvalue weighted by Gasteiger charge is -2.04. The zero-order chi connectivity index (χ0) is 10.3. The van der Waals surface area contributed by atoms with Crippen molar-refractivity contribution in [3.63, 3.8) is 0 Å². The Labute approximate surface area is 88.7 Å². The number of nitrogens with zero attached hydrogens (tertiary/aromatic N) is 2. The lowest BCUT2D eigenvalue weighted by atomic mass is 10.2. The maximum absolute atomic E-state index is 13.2. The van der Waals surface area contributed by atoms with E-state index < -0.39 is 5.82 Å². The summed E-state index contributed by atoms with van der Waals surface area (Å²) in [6.45, 7) is 0. The number of rotatable bonds is 0. The van der Waals surface area contributed by atoms with Gasteiger partial charge in [-0.05, 0) is 6.07 Å². The highest BCUT2D eigenvalue weighted by atomic mass is 35.5. The normalized spacial score (nSPS) is 10.8. The van der Waals surface area contributed by atoms with Gasteiger partial charge in [-0.2, -0.15) is 0 Å². The molecule has 0 unspecified atom stereocenters. The fraction of sp³-hybridized carbons (Fsp3) is 0. The number of anilines is 1. The van der Waals surface area contributed by atoms with Crippen molar-refractivity contribution in [2.24, 2.45) is 0 Å². The minimum Gasteiger partial charge on any atom is -0.395 e. The van der Waals surface area contributed by atoms with Crippen LogP contribution in [-0.2, 0) is 0 Å². The molecule has 2 N–H and O–H groups in total. The first-order valence-corrected chi connectivity index (χ1v) is 4.40. The third-order valence-electron chi connectivity index (χ3n) is 1.81. The van der Waals surface area contributed by atoms with Crippen molar-refractivity contribution in [1.29, 1.82) is 0 Å². The smallest absolute Gasteiger partial charge is 0.166 e. The Morgan fingerprint density at radius 3 is 2.71 bits per heavy atom. The van der Waals surface area contributed by atoms with Crippen LogP contribution in [0.5, 0.6) is 0 Å². The topological polar surface area (TPSA) is 51.8 Å². The fourth-order valence-electron chi connectivity index (χ4n) is 1.14. The van der Waals surface area contributed by atoms with Crippen molar-refractivity contribution < 1.29 is 4.39 Å². The van der Waals surface area contributed by atoms with Gasteiger partial charge in [-0.25, -0.2) is 14.4 Å². The van der Waals surface area contributed by atoms with Gasteiger partial charge < -0.3 is 5.73 Å². The maximum atomic E-state index is 13.2. The van der Waals surface area contributed by atoms with E-state index in [9.17, 15) is 4.39 Å². The van der Waals surface area contributed by atoms with Gasteiger partial charge in [0.15, 0.2) is 5.82 Å². The SMILES string of the molecule is Nc1c(F)c(Cl)cc2c(Cl)ncnc12. The van der Waals surface area contributed by atoms with E-state index in [4.69, 9.17) is 28.9 Å². The van der Waals surface area contributed by atoms with Gasteiger partial charge in [0, 0.05) is 5.39 Å². The molecule has 0 aliphatic rings. The summed E-state index contributed by atoms with van der Waals surface area (Å²) in [7, 11) is 0. The second-order valence-electron chi connectivity index (χ2n) is 2.65. The highest BCUT2D eigenvalue weighted by molar-refractivity contribution is 6.36. The molecule has 14 heavy (non-hydrogen) atoms. The Bertz CT molecular complexity index is 515. The Morgan fingerprint density at radius 2 is 2.00 bits per heavy atom. The molecule has 0 amide bonds. The first kappa shape index (κ1) is 9.43. The summed E-state index contributed by atoms with van der Waals surface area (Å²) in [5, 5.41) is 0.549. The van der Waals surface area contributed by atoms with Gasteiger partial charge in [-0.1, -0.05) is 23.2 Å². The van der Waals surface area contributed by atoms with E-state index in [1.807, 2.05) is 0 Å². The molecule has 1 aromatic carbocycles. The molecule has 0 fully saturated rings. The second kappa shape index (κ2) is 3.22. The Hall–Kier alpha value is -1.13. The molecule has 1 heterocycles. The summed E-state index contributed by atoms with van der Waals surface area (Å²) in [4.78, 5) is 7.56. The minimum absolute atomic E-state index is 0.0910. The van der Waals surface area contributed by atoms with Gasteiger partial charge in [-0.15, -0.1) is 0 Å². The molecule has 0 radical (unpaired) electrons. The first-order chi connectivity index (χ1) is 6.61. The largest absolute Gasteiger partial charge is 0.395 e. The van der Waals surface area contributed by atoms with Gasteiger partial charge in [0.2, 0.25) is 0 Å². The Balaban J connectivity index is 2.98. The average molecular weight is 232 g/mol. The first-order valence-electron chi connectivity index (χ1n) is 3.65. The highest BCUT2D eigenvalue weighted by Crippen LogP contribution is 2.31. The monoisotopic (exact) mass is 231 g/mol. The third kappa shape index (κ3) is 1.27. The number of hydrogen-bond acceptors (Lipinski definition) is 3. The van der Waals surface area contributed by atoms with Crippen LogP contribution in [0, 0.1) is 5.82 Å². The lowest BCUT2D eigenvalue weighted by molar-refractivity contribution is 0.634. The average Bonchev–Trinajstić information content (AvgIpc) is 2.17. The quantitative estimate of drug-likeness (QED) is 0.561. The number of hydrogen-bond donors (Lipinski definition) is 1. The maximum Gasteiger partial charge on any atom is 0.166 e. The van der Waals surface area contributed by atoms with E-state index in [0.717, 1.165) is 0 Å². The Morgan fingerprint density at radius 1 is 1.29 bits per heavy atom. The van der Waals surface area contributed by atoms with E-state index in [0.29, 0.717) is 5.39 Å². The van der Waals surface area contributed by atoms with Crippen LogP contribution in [0.15, 0.2) is 12.4 Å². The molecule has 3 nitrogen and oxygen atoms in total. The van der Waals surface area contributed by atoms with Crippen LogP contribution < -0.4 is 5.73 Å². The molecule has 0 saturated heterocycles. The number of nitrogen functional groups attached to an aromatic ring is 1. The number of halogens is 3. The predicted molar refractivity (Wildman–Crippen MR) is 53.9 cm³/mol. The molecule has 1 aromatic heterocycles. The summed E-state index contributed by atoms with van der Waals surface area (Å²) in [5.41, 5.74) is 5.64. The van der Waals surface area contributed by atoms with Crippen molar-refractivity contribution >= 4 is 39.8 Å². The summed E-state index contributed by atoms with van der Waals surface area (Å²) in [6.07, 6.45) is 1.22. The van der Waals surface area contributed by atoms with Crippen LogP contribution in [0.2, 0.25) is 10.2 Å². The summed E-state index contributed by atoms with van der Waals surface area (Å²) in [5.74, 6) is -0.686. The van der Waals surface area contributed by atoms with Gasteiger partial charge in [0.05, 0.1) is 10.7 Å². The summed E-state index contributed by atoms with van der Waals surface area (Å²) in [6, 6.07) is 1.35. The molecule has 2 rings (SSSR count). The number of benzene rings is 1. The van der Waals surface area contributed by atoms with Crippen LogP contribution in [0.4, 0.5) is 10.1 Å². The molecule has 0 aliphatic heterocycles. The van der Waals surface area contributed by atoms with Crippen LogP contribution in [-0.4, -0.2) is 9.97 Å². The zero-order valence-electron chi connectivity index (χ0n) is 6.76. The fourth-order valence-corrected chi connectivity index (χ4v) is 1.54. The molecule has 0 aliphatic carbocycles. The van der Waals surface area contributed by atoms with Gasteiger partial charge in [-0.3, -0.25) is 0 Å². The van der Waals surface area contributed by atoms with Crippen LogP contribution in [0.1, 0.15) is 0 Å². The van der Waals surface area contributed by atoms with Crippen molar-refractivity contribution in [3.8, 4) is 0 Å². The van der Waals surface area contributed by atoms with Crippen LogP contribution >= 0.6 is 23.2 Å². The van der Waals surface area contributed by atoms with Crippen molar-refractivity contribution in [2.45, 2.75) is 0 Å². The summed E-state index contributed by atoms with van der Waals surface area (Å²) < 4.78 is 13.2. The van der Waals surface area contributed by atoms with Crippen LogP contribution in [0.3, 0.4) is 0 Å². The molecule has 72 valence electrons. The molecule has 0 atom stereocenters. The predicted octanol–water partition coefficient (Wildman–Crippen LogP) is 2.66. The molecule has 2 aromatic rings. The second-order valence-corrected chi connectivity index (χ2v) is 3.41. The van der Waals surface area contributed by atoms with E-state index >= 15 is 0 Å². The molecule has 0 saturated carbocycles. The number of nitrogens with two attached hydrogens (primary N) is 1. The Kier molecular flexibility index (Phi) is 2.17. The number of fused-ring (bicyclic) bond motifs is 1. The standard InChI is InChI=1S/C8H4Cl2FN3/c9-4-1-3-7(6(12)5(4)11)13-2-14-8(3)10/h1-2H,12H2. The molecule has 6 heteroatoms. The van der Waals surface area contributed by atoms with E-state index in [1.165, 1.54) is 12.4 Å². The third-order valence-corrected chi connectivity index (χ3v) is 2.38. The van der Waals surface area contributed by atoms with E-state index in [2.05, 4.69) is 9.97 Å². The van der Waals surface area contributed by atoms with E-state index in [-0.39, 0.29) is 21.4 Å². The van der Waals surface area contributed by atoms with Crippen LogP contribution in [0.25, 0.3) is 10.9 Å². The molecular formula is C8H4Cl2FN3. The molecular weight excluding hydrogens is 228 g/mol. The van der Waals surface area contributed by atoms with Crippen molar-refractivity contribution in [2.75, 3.05) is 5.73 Å². The molecule has 0 bridgehead atoms. The zero-order valence-corrected chi connectivity index (χ0v) is 8.27. The molecule has 0 spiro atoms. The highest BCUT2D eigenvalue weighted by Gasteiger charge is 2.12. The lowest BCUT2D eigenvalue weighted by Crippen LogP contribution is -1.96. The van der Waals surface area contributed by atoms with Crippen molar-refractivity contribution in [1.82, 2.24) is 9.97 Å². The number of aromatic nitrogens is 2. The van der Waals surface area contributed by atoms with Gasteiger partial charge >= 0.3 is 0 Å².